The number of aromatic nitrogens is 1. The van der Waals surface area contributed by atoms with Crippen LogP contribution in [0, 0.1) is 17.1 Å². The van der Waals surface area contributed by atoms with Crippen molar-refractivity contribution in [2.24, 2.45) is 5.73 Å². The van der Waals surface area contributed by atoms with Crippen LogP contribution in [0.2, 0.25) is 0 Å². The Balaban J connectivity index is 2.36. The van der Waals surface area contributed by atoms with E-state index in [-0.39, 0.29) is 17.4 Å². The van der Waals surface area contributed by atoms with E-state index in [0.717, 1.165) is 5.56 Å². The second kappa shape index (κ2) is 6.13. The molecule has 2 aromatic rings. The lowest BCUT2D eigenvalue weighted by Gasteiger charge is -2.23. The first-order chi connectivity index (χ1) is 9.63. The first-order valence-corrected chi connectivity index (χ1v) is 6.14. The Bertz CT molecular complexity index is 623. The van der Waals surface area contributed by atoms with E-state index in [0.29, 0.717) is 0 Å². The highest BCUT2D eigenvalue weighted by Crippen LogP contribution is 2.27. The standard InChI is InChI=1S/C15H14FN3O/c1-10(18)15(11-5-7-19-8-6-11)20-14-4-2-3-13(16)12(14)9-17/h2-8,10,15H,18H2,1H3. The van der Waals surface area contributed by atoms with Gasteiger partial charge in [0.1, 0.15) is 29.3 Å². The Morgan fingerprint density at radius 3 is 2.60 bits per heavy atom. The summed E-state index contributed by atoms with van der Waals surface area (Å²) in [4.78, 5) is 3.93. The minimum absolute atomic E-state index is 0.118. The van der Waals surface area contributed by atoms with Gasteiger partial charge in [-0.05, 0) is 36.8 Å². The molecule has 0 saturated carbocycles. The maximum Gasteiger partial charge on any atom is 0.144 e. The molecule has 1 aromatic heterocycles. The molecule has 2 atom stereocenters. The molecule has 0 fully saturated rings. The number of nitriles is 1. The van der Waals surface area contributed by atoms with Gasteiger partial charge in [-0.25, -0.2) is 4.39 Å². The number of halogens is 1. The van der Waals surface area contributed by atoms with Crippen LogP contribution in [-0.4, -0.2) is 11.0 Å². The maximum atomic E-state index is 13.6. The van der Waals surface area contributed by atoms with Gasteiger partial charge in [0.25, 0.3) is 0 Å². The van der Waals surface area contributed by atoms with E-state index in [2.05, 4.69) is 4.98 Å². The van der Waals surface area contributed by atoms with Crippen molar-refractivity contribution in [3.63, 3.8) is 0 Å². The summed E-state index contributed by atoms with van der Waals surface area (Å²) in [5.41, 5.74) is 6.63. The molecule has 0 aliphatic heterocycles. The van der Waals surface area contributed by atoms with Gasteiger partial charge in [0.05, 0.1) is 0 Å². The minimum Gasteiger partial charge on any atom is -0.483 e. The Kier molecular flexibility index (Phi) is 4.28. The molecule has 102 valence electrons. The van der Waals surface area contributed by atoms with Gasteiger partial charge in [0, 0.05) is 18.4 Å². The number of ether oxygens (including phenoxy) is 1. The highest BCUT2D eigenvalue weighted by Gasteiger charge is 2.20. The van der Waals surface area contributed by atoms with Crippen LogP contribution in [0.3, 0.4) is 0 Å². The van der Waals surface area contributed by atoms with E-state index >= 15 is 0 Å². The smallest absolute Gasteiger partial charge is 0.144 e. The molecule has 0 bridgehead atoms. The molecule has 1 aromatic carbocycles. The third-order valence-corrected chi connectivity index (χ3v) is 2.85. The Morgan fingerprint density at radius 1 is 1.30 bits per heavy atom. The highest BCUT2D eigenvalue weighted by molar-refractivity contribution is 5.44. The van der Waals surface area contributed by atoms with Crippen molar-refractivity contribution in [3.05, 3.63) is 59.7 Å². The Morgan fingerprint density at radius 2 is 2.00 bits per heavy atom. The van der Waals surface area contributed by atoms with Crippen molar-refractivity contribution < 1.29 is 9.13 Å². The molecule has 1 heterocycles. The van der Waals surface area contributed by atoms with Gasteiger partial charge in [0.2, 0.25) is 0 Å². The molecule has 0 saturated heterocycles. The zero-order chi connectivity index (χ0) is 14.5. The van der Waals surface area contributed by atoms with E-state index in [1.165, 1.54) is 12.1 Å². The zero-order valence-electron chi connectivity index (χ0n) is 11.0. The summed E-state index contributed by atoms with van der Waals surface area (Å²) in [6.45, 7) is 1.79. The van der Waals surface area contributed by atoms with E-state index in [9.17, 15) is 4.39 Å². The average Bonchev–Trinajstić information content (AvgIpc) is 2.45. The molecule has 2 N–H and O–H groups in total. The molecule has 20 heavy (non-hydrogen) atoms. The second-order valence-corrected chi connectivity index (χ2v) is 4.40. The van der Waals surface area contributed by atoms with Crippen LogP contribution in [0.25, 0.3) is 0 Å². The predicted octanol–water partition coefficient (Wildman–Crippen LogP) is 2.56. The Hall–Kier alpha value is -2.45. The van der Waals surface area contributed by atoms with Crippen molar-refractivity contribution in [1.82, 2.24) is 4.98 Å². The van der Waals surface area contributed by atoms with Crippen molar-refractivity contribution in [1.29, 1.82) is 5.26 Å². The lowest BCUT2D eigenvalue weighted by molar-refractivity contribution is 0.179. The normalized spacial score (nSPS) is 13.3. The lowest BCUT2D eigenvalue weighted by atomic mass is 10.1. The molecule has 4 nitrogen and oxygen atoms in total. The summed E-state index contributed by atoms with van der Waals surface area (Å²) in [5, 5.41) is 9.01. The first kappa shape index (κ1) is 14.0. The van der Waals surface area contributed by atoms with Crippen LogP contribution in [0.5, 0.6) is 5.75 Å². The summed E-state index contributed by atoms with van der Waals surface area (Å²) >= 11 is 0. The van der Waals surface area contributed by atoms with Crippen LogP contribution in [0.1, 0.15) is 24.2 Å². The SMILES string of the molecule is CC(N)C(Oc1cccc(F)c1C#N)c1ccncc1. The molecule has 2 unspecified atom stereocenters. The van der Waals surface area contributed by atoms with Crippen molar-refractivity contribution in [3.8, 4) is 11.8 Å². The van der Waals surface area contributed by atoms with Crippen LogP contribution in [0.4, 0.5) is 4.39 Å². The first-order valence-electron chi connectivity index (χ1n) is 6.14. The van der Waals surface area contributed by atoms with Crippen LogP contribution < -0.4 is 10.5 Å². The van der Waals surface area contributed by atoms with E-state index in [1.54, 1.807) is 43.6 Å². The van der Waals surface area contributed by atoms with Crippen LogP contribution in [-0.2, 0) is 0 Å². The van der Waals surface area contributed by atoms with Gasteiger partial charge in [-0.15, -0.1) is 0 Å². The molecular weight excluding hydrogens is 257 g/mol. The quantitative estimate of drug-likeness (QED) is 0.927. The highest BCUT2D eigenvalue weighted by atomic mass is 19.1. The van der Waals surface area contributed by atoms with Gasteiger partial charge in [-0.2, -0.15) is 5.26 Å². The van der Waals surface area contributed by atoms with Gasteiger partial charge in [-0.1, -0.05) is 6.07 Å². The van der Waals surface area contributed by atoms with Crippen LogP contribution in [0.15, 0.2) is 42.7 Å². The monoisotopic (exact) mass is 271 g/mol. The summed E-state index contributed by atoms with van der Waals surface area (Å²) in [7, 11) is 0. The van der Waals surface area contributed by atoms with E-state index in [4.69, 9.17) is 15.7 Å². The summed E-state index contributed by atoms with van der Waals surface area (Å²) < 4.78 is 19.3. The minimum atomic E-state index is -0.608. The van der Waals surface area contributed by atoms with Crippen molar-refractivity contribution in [2.45, 2.75) is 19.1 Å². The number of hydrogen-bond donors (Lipinski definition) is 1. The third-order valence-electron chi connectivity index (χ3n) is 2.85. The van der Waals surface area contributed by atoms with Gasteiger partial charge in [-0.3, -0.25) is 4.98 Å². The van der Waals surface area contributed by atoms with Crippen LogP contribution >= 0.6 is 0 Å². The lowest BCUT2D eigenvalue weighted by Crippen LogP contribution is -2.29. The largest absolute Gasteiger partial charge is 0.483 e. The molecule has 0 spiro atoms. The molecule has 0 amide bonds. The molecule has 5 heteroatoms. The molecule has 0 aliphatic carbocycles. The number of nitrogens with zero attached hydrogens (tertiary/aromatic N) is 2. The summed E-state index contributed by atoms with van der Waals surface area (Å²) in [6.07, 6.45) is 2.78. The second-order valence-electron chi connectivity index (χ2n) is 4.40. The molecule has 0 aliphatic rings. The summed E-state index contributed by atoms with van der Waals surface area (Å²) in [6, 6.07) is 9.31. The van der Waals surface area contributed by atoms with Crippen molar-refractivity contribution >= 4 is 0 Å². The summed E-state index contributed by atoms with van der Waals surface area (Å²) in [5.74, 6) is -0.422. The average molecular weight is 271 g/mol. The van der Waals surface area contributed by atoms with E-state index < -0.39 is 11.9 Å². The predicted molar refractivity (Wildman–Crippen MR) is 72.4 cm³/mol. The van der Waals surface area contributed by atoms with Crippen molar-refractivity contribution in [2.75, 3.05) is 0 Å². The fourth-order valence-corrected chi connectivity index (χ4v) is 1.88. The maximum absolute atomic E-state index is 13.6. The Labute approximate surface area is 116 Å². The number of hydrogen-bond acceptors (Lipinski definition) is 4. The zero-order valence-corrected chi connectivity index (χ0v) is 11.0. The number of nitrogens with two attached hydrogens (primary N) is 1. The number of rotatable bonds is 4. The molecular formula is C15H14FN3O. The van der Waals surface area contributed by atoms with Gasteiger partial charge >= 0.3 is 0 Å². The number of benzene rings is 1. The fourth-order valence-electron chi connectivity index (χ4n) is 1.88. The van der Waals surface area contributed by atoms with Gasteiger partial charge < -0.3 is 10.5 Å². The van der Waals surface area contributed by atoms with Gasteiger partial charge in [0.15, 0.2) is 0 Å². The molecule has 2 rings (SSSR count). The number of pyridine rings is 1. The fraction of sp³-hybridized carbons (Fsp3) is 0.200. The topological polar surface area (TPSA) is 71.9 Å². The molecule has 0 radical (unpaired) electrons. The third kappa shape index (κ3) is 2.92. The van der Waals surface area contributed by atoms with E-state index in [1.807, 2.05) is 0 Å².